The van der Waals surface area contributed by atoms with Crippen LogP contribution in [-0.2, 0) is 0 Å². The van der Waals surface area contributed by atoms with Gasteiger partial charge in [0.05, 0.1) is 5.69 Å². The fourth-order valence-electron chi connectivity index (χ4n) is 2.31. The first kappa shape index (κ1) is 13.0. The van der Waals surface area contributed by atoms with Crippen molar-refractivity contribution in [3.63, 3.8) is 0 Å². The van der Waals surface area contributed by atoms with Crippen molar-refractivity contribution in [3.05, 3.63) is 36.2 Å². The molecule has 2 aliphatic rings. The number of nitrogens with one attached hydrogen (secondary N) is 1. The summed E-state index contributed by atoms with van der Waals surface area (Å²) in [7, 11) is 0. The summed E-state index contributed by atoms with van der Waals surface area (Å²) in [6, 6.07) is 5.90. The minimum absolute atomic E-state index is 0.519. The molecule has 2 heterocycles. The molecule has 104 valence electrons. The van der Waals surface area contributed by atoms with Gasteiger partial charge in [0, 0.05) is 35.9 Å². The van der Waals surface area contributed by atoms with Crippen LogP contribution in [-0.4, -0.2) is 29.0 Å². The molecule has 0 radical (unpaired) electrons. The van der Waals surface area contributed by atoms with Crippen molar-refractivity contribution in [2.24, 2.45) is 16.6 Å². The fourth-order valence-corrected chi connectivity index (χ4v) is 3.26. The molecule has 1 aromatic rings. The van der Waals surface area contributed by atoms with Gasteiger partial charge in [0.2, 0.25) is 0 Å². The second kappa shape index (κ2) is 5.18. The number of rotatable bonds is 2. The number of benzene rings is 1. The third kappa shape index (κ3) is 2.14. The van der Waals surface area contributed by atoms with Gasteiger partial charge in [-0.3, -0.25) is 15.4 Å². The molecule has 20 heavy (non-hydrogen) atoms. The number of fused-ring (bicyclic) bond motifs is 3. The minimum Gasteiger partial charge on any atom is -0.403 e. The predicted octanol–water partition coefficient (Wildman–Crippen LogP) is 1.29. The zero-order valence-corrected chi connectivity index (χ0v) is 11.7. The van der Waals surface area contributed by atoms with E-state index in [2.05, 4.69) is 4.99 Å². The predicted molar refractivity (Wildman–Crippen MR) is 82.7 cm³/mol. The van der Waals surface area contributed by atoms with E-state index in [1.165, 1.54) is 23.0 Å². The summed E-state index contributed by atoms with van der Waals surface area (Å²) in [4.78, 5) is 7.54. The molecule has 5 N–H and O–H groups in total. The van der Waals surface area contributed by atoms with Crippen LogP contribution in [0.2, 0.25) is 0 Å². The quantitative estimate of drug-likeness (QED) is 0.563. The molecule has 0 atom stereocenters. The highest BCUT2D eigenvalue weighted by Gasteiger charge is 2.29. The van der Waals surface area contributed by atoms with Crippen LogP contribution in [0.15, 0.2) is 40.5 Å². The van der Waals surface area contributed by atoms with Crippen LogP contribution in [0.4, 0.5) is 5.69 Å². The molecule has 2 aliphatic heterocycles. The average Bonchev–Trinajstić information content (AvgIpc) is 2.47. The van der Waals surface area contributed by atoms with Gasteiger partial charge in [-0.15, -0.1) is 0 Å². The molecule has 6 nitrogen and oxygen atoms in total. The van der Waals surface area contributed by atoms with Crippen LogP contribution in [0.1, 0.15) is 12.0 Å². The lowest BCUT2D eigenvalue weighted by molar-refractivity contribution is 0.552. The van der Waals surface area contributed by atoms with Crippen molar-refractivity contribution in [2.75, 3.05) is 18.1 Å². The van der Waals surface area contributed by atoms with Crippen molar-refractivity contribution < 1.29 is 0 Å². The number of hydrazine groups is 1. The van der Waals surface area contributed by atoms with E-state index < -0.39 is 0 Å². The fraction of sp³-hybridized carbons (Fsp3) is 0.231. The summed E-state index contributed by atoms with van der Waals surface area (Å²) in [5.74, 6) is 6.77. The smallest absolute Gasteiger partial charge is 0.166 e. The Balaban J connectivity index is 2.02. The molecule has 0 saturated heterocycles. The third-order valence-corrected chi connectivity index (χ3v) is 4.23. The molecule has 3 rings (SSSR count). The van der Waals surface area contributed by atoms with E-state index in [1.54, 1.807) is 6.20 Å². The van der Waals surface area contributed by atoms with Gasteiger partial charge in [0.1, 0.15) is 5.84 Å². The number of thioether (sulfide) groups is 1. The first-order valence-corrected chi connectivity index (χ1v) is 7.17. The average molecular weight is 288 g/mol. The minimum atomic E-state index is 0.519. The van der Waals surface area contributed by atoms with Crippen molar-refractivity contribution in [3.8, 4) is 0 Å². The van der Waals surface area contributed by atoms with E-state index >= 15 is 0 Å². The first-order valence-electron chi connectivity index (χ1n) is 6.36. The van der Waals surface area contributed by atoms with E-state index in [0.717, 1.165) is 41.5 Å². The van der Waals surface area contributed by atoms with E-state index in [0.29, 0.717) is 5.17 Å². The Labute approximate surface area is 121 Å². The Hall–Kier alpha value is -1.99. The van der Waals surface area contributed by atoms with Crippen molar-refractivity contribution >= 4 is 28.5 Å². The van der Waals surface area contributed by atoms with Gasteiger partial charge in [0.25, 0.3) is 0 Å². The number of aliphatic imine (C=N–C) groups is 1. The van der Waals surface area contributed by atoms with Crippen molar-refractivity contribution in [2.45, 2.75) is 11.3 Å². The zero-order chi connectivity index (χ0) is 14.1. The number of amidine groups is 2. The third-order valence-electron chi connectivity index (χ3n) is 3.26. The van der Waals surface area contributed by atoms with Crippen LogP contribution in [0.25, 0.3) is 0 Å². The lowest BCUT2D eigenvalue weighted by Crippen LogP contribution is -2.42. The number of nitrogens with zero attached hydrogens (tertiary/aromatic N) is 3. The summed E-state index contributed by atoms with van der Waals surface area (Å²) >= 11 is 1.44. The molecule has 1 aromatic carbocycles. The van der Waals surface area contributed by atoms with E-state index in [9.17, 15) is 0 Å². The number of anilines is 1. The molecule has 0 amide bonds. The molecule has 0 fully saturated rings. The van der Waals surface area contributed by atoms with Crippen LogP contribution >= 0.6 is 11.8 Å². The van der Waals surface area contributed by atoms with Gasteiger partial charge < -0.3 is 10.6 Å². The van der Waals surface area contributed by atoms with Crippen molar-refractivity contribution in [1.82, 2.24) is 4.90 Å². The molecule has 0 unspecified atom stereocenters. The Morgan fingerprint density at radius 3 is 3.10 bits per heavy atom. The van der Waals surface area contributed by atoms with Gasteiger partial charge in [-0.05, 0) is 24.6 Å². The molecule has 0 aromatic heterocycles. The number of hydrogen-bond acceptors (Lipinski definition) is 6. The Bertz CT molecular complexity index is 609. The van der Waals surface area contributed by atoms with Gasteiger partial charge >= 0.3 is 0 Å². The second-order valence-electron chi connectivity index (χ2n) is 4.55. The molecule has 0 spiro atoms. The number of hydrogen-bond donors (Lipinski definition) is 3. The van der Waals surface area contributed by atoms with Crippen LogP contribution in [0.3, 0.4) is 0 Å². The van der Waals surface area contributed by atoms with Gasteiger partial charge in [-0.25, -0.2) is 5.84 Å². The molecule has 7 heteroatoms. The lowest BCUT2D eigenvalue weighted by Gasteiger charge is -2.34. The van der Waals surface area contributed by atoms with Crippen LogP contribution in [0, 0.1) is 5.41 Å². The maximum atomic E-state index is 8.13. The highest BCUT2D eigenvalue weighted by Crippen LogP contribution is 2.35. The maximum Gasteiger partial charge on any atom is 0.166 e. The van der Waals surface area contributed by atoms with Crippen LogP contribution in [0.5, 0.6) is 0 Å². The zero-order valence-electron chi connectivity index (χ0n) is 10.9. The standard InChI is InChI=1S/C13H16N6S/c14-4-7-19(16)9-2-3-10-11(8-9)20-13(15)18-6-1-5-17-12(10)18/h2-4,7-8,15H,1,5-6,14,16H2/b7-4-,15-13?. The lowest BCUT2D eigenvalue weighted by atomic mass is 10.1. The van der Waals surface area contributed by atoms with E-state index in [4.69, 9.17) is 17.0 Å². The Kier molecular flexibility index (Phi) is 3.37. The summed E-state index contributed by atoms with van der Waals surface area (Å²) < 4.78 is 0. The monoisotopic (exact) mass is 288 g/mol. The summed E-state index contributed by atoms with van der Waals surface area (Å²) in [6.07, 6.45) is 3.98. The summed E-state index contributed by atoms with van der Waals surface area (Å²) in [5, 5.41) is 10.1. The highest BCUT2D eigenvalue weighted by atomic mass is 32.2. The van der Waals surface area contributed by atoms with E-state index in [1.807, 2.05) is 23.1 Å². The van der Waals surface area contributed by atoms with Gasteiger partial charge in [-0.1, -0.05) is 11.8 Å². The second-order valence-corrected chi connectivity index (χ2v) is 5.58. The SMILES string of the molecule is N=C1Sc2cc(N(N)/C=C\N)ccc2C2=NCCCN12. The largest absolute Gasteiger partial charge is 0.403 e. The number of nitrogens with two attached hydrogens (primary N) is 2. The topological polar surface area (TPSA) is 94.7 Å². The first-order chi connectivity index (χ1) is 9.70. The van der Waals surface area contributed by atoms with Crippen LogP contribution < -0.4 is 16.6 Å². The van der Waals surface area contributed by atoms with E-state index in [-0.39, 0.29) is 0 Å². The van der Waals surface area contributed by atoms with Gasteiger partial charge in [-0.2, -0.15) is 0 Å². The Morgan fingerprint density at radius 1 is 1.45 bits per heavy atom. The van der Waals surface area contributed by atoms with Crippen molar-refractivity contribution in [1.29, 1.82) is 5.41 Å². The maximum absolute atomic E-state index is 8.13. The molecule has 0 saturated carbocycles. The molecular formula is C13H16N6S. The Morgan fingerprint density at radius 2 is 2.30 bits per heavy atom. The van der Waals surface area contributed by atoms with Gasteiger partial charge in [0.15, 0.2) is 5.17 Å². The normalized spacial score (nSPS) is 17.8. The molecule has 0 bridgehead atoms. The summed E-state index contributed by atoms with van der Waals surface area (Å²) in [6.45, 7) is 1.69. The highest BCUT2D eigenvalue weighted by molar-refractivity contribution is 8.14. The summed E-state index contributed by atoms with van der Waals surface area (Å²) in [5.41, 5.74) is 7.25. The molecular weight excluding hydrogens is 272 g/mol. The molecule has 0 aliphatic carbocycles.